The van der Waals surface area contributed by atoms with Crippen LogP contribution in [0.25, 0.3) is 21.8 Å². The summed E-state index contributed by atoms with van der Waals surface area (Å²) in [5.74, 6) is 0.0694. The molecule has 24 heavy (non-hydrogen) atoms. The molecule has 0 bridgehead atoms. The van der Waals surface area contributed by atoms with Crippen LogP contribution in [-0.4, -0.2) is 10.8 Å². The summed E-state index contributed by atoms with van der Waals surface area (Å²) in [7, 11) is 0. The molecule has 0 atom stereocenters. The number of H-pyrrole nitrogens is 1. The second-order valence-electron chi connectivity index (χ2n) is 6.15. The average Bonchev–Trinajstić information content (AvgIpc) is 2.99. The lowest BCUT2D eigenvalue weighted by atomic mass is 9.97. The fraction of sp³-hybridized carbons (Fsp3) is 0.136. The van der Waals surface area contributed by atoms with Gasteiger partial charge in [0.2, 0.25) is 0 Å². The molecule has 1 heterocycles. The molecule has 0 unspecified atom stereocenters. The van der Waals surface area contributed by atoms with E-state index in [2.05, 4.69) is 18.0 Å². The lowest BCUT2D eigenvalue weighted by Crippen LogP contribution is -2.03. The van der Waals surface area contributed by atoms with Crippen LogP contribution in [0.15, 0.2) is 54.6 Å². The molecule has 3 aromatic carbocycles. The molecule has 0 aliphatic heterocycles. The third kappa shape index (κ3) is 2.23. The van der Waals surface area contributed by atoms with E-state index in [1.165, 1.54) is 5.56 Å². The summed E-state index contributed by atoms with van der Waals surface area (Å²) in [6, 6.07) is 20.9. The Balaban J connectivity index is 1.91. The van der Waals surface area contributed by atoms with E-state index < -0.39 is 0 Å². The van der Waals surface area contributed by atoms with Crippen LogP contribution >= 0.6 is 0 Å². The van der Waals surface area contributed by atoms with Crippen LogP contribution in [0.2, 0.25) is 0 Å². The standard InChI is InChI=1S/C22H18NO/c1-3-15-8-6-10-18-19-13-16(11-12-20(19)23-21(15)18)22(24)17-9-5-4-7-14(17)2/h4-5,7-13,23H,3H2,1-2H3. The van der Waals surface area contributed by atoms with Crippen molar-refractivity contribution >= 4 is 27.6 Å². The van der Waals surface area contributed by atoms with Crippen LogP contribution in [0.5, 0.6) is 0 Å². The molecular formula is C22H18NO. The molecule has 0 spiro atoms. The minimum atomic E-state index is 0.0694. The number of carbonyl (C=O) groups is 1. The SMILES string of the molecule is CCc1c[c]cc2c1[nH]c1ccc(C(=O)c3ccccc3C)cc12. The predicted molar refractivity (Wildman–Crippen MR) is 98.6 cm³/mol. The minimum Gasteiger partial charge on any atom is -0.354 e. The zero-order valence-electron chi connectivity index (χ0n) is 13.8. The number of aryl methyl sites for hydroxylation is 2. The summed E-state index contributed by atoms with van der Waals surface area (Å²) in [5, 5.41) is 2.21. The summed E-state index contributed by atoms with van der Waals surface area (Å²) >= 11 is 0. The van der Waals surface area contributed by atoms with Gasteiger partial charge >= 0.3 is 0 Å². The van der Waals surface area contributed by atoms with Gasteiger partial charge in [-0.15, -0.1) is 0 Å². The zero-order chi connectivity index (χ0) is 16.7. The van der Waals surface area contributed by atoms with E-state index in [0.29, 0.717) is 0 Å². The van der Waals surface area contributed by atoms with Crippen molar-refractivity contribution in [3.8, 4) is 0 Å². The number of carbonyl (C=O) groups excluding carboxylic acids is 1. The van der Waals surface area contributed by atoms with Gasteiger partial charge in [-0.2, -0.15) is 0 Å². The van der Waals surface area contributed by atoms with Crippen LogP contribution in [0, 0.1) is 13.0 Å². The summed E-state index contributed by atoms with van der Waals surface area (Å²) in [6.07, 6.45) is 0.954. The van der Waals surface area contributed by atoms with Crippen molar-refractivity contribution in [1.29, 1.82) is 0 Å². The number of aromatic nitrogens is 1. The molecular weight excluding hydrogens is 294 g/mol. The van der Waals surface area contributed by atoms with Gasteiger partial charge in [-0.3, -0.25) is 4.79 Å². The van der Waals surface area contributed by atoms with Crippen molar-refractivity contribution in [1.82, 2.24) is 4.98 Å². The second-order valence-corrected chi connectivity index (χ2v) is 6.15. The molecule has 117 valence electrons. The van der Waals surface area contributed by atoms with Crippen molar-refractivity contribution in [2.24, 2.45) is 0 Å². The van der Waals surface area contributed by atoms with Crippen LogP contribution in [0.4, 0.5) is 0 Å². The lowest BCUT2D eigenvalue weighted by Gasteiger charge is -2.05. The van der Waals surface area contributed by atoms with Gasteiger partial charge in [-0.25, -0.2) is 0 Å². The van der Waals surface area contributed by atoms with Gasteiger partial charge in [0.05, 0.1) is 0 Å². The van der Waals surface area contributed by atoms with Crippen molar-refractivity contribution < 1.29 is 4.79 Å². The Labute approximate surface area is 141 Å². The molecule has 0 amide bonds. The summed E-state index contributed by atoms with van der Waals surface area (Å²) in [5.41, 5.74) is 5.93. The first-order valence-electron chi connectivity index (χ1n) is 8.23. The lowest BCUT2D eigenvalue weighted by molar-refractivity contribution is 0.103. The van der Waals surface area contributed by atoms with Crippen LogP contribution in [-0.2, 0) is 6.42 Å². The average molecular weight is 312 g/mol. The largest absolute Gasteiger partial charge is 0.354 e. The van der Waals surface area contributed by atoms with Gasteiger partial charge in [0.25, 0.3) is 0 Å². The predicted octanol–water partition coefficient (Wildman–Crippen LogP) is 5.22. The zero-order valence-corrected chi connectivity index (χ0v) is 13.8. The van der Waals surface area contributed by atoms with E-state index in [9.17, 15) is 4.79 Å². The third-order valence-corrected chi connectivity index (χ3v) is 4.68. The quantitative estimate of drug-likeness (QED) is 0.517. The maximum absolute atomic E-state index is 12.9. The second kappa shape index (κ2) is 5.64. The van der Waals surface area contributed by atoms with E-state index in [1.54, 1.807) is 0 Å². The highest BCUT2D eigenvalue weighted by atomic mass is 16.1. The number of ketones is 1. The van der Waals surface area contributed by atoms with E-state index >= 15 is 0 Å². The molecule has 1 radical (unpaired) electrons. The molecule has 0 saturated heterocycles. The molecule has 2 nitrogen and oxygen atoms in total. The summed E-state index contributed by atoms with van der Waals surface area (Å²) in [6.45, 7) is 4.11. The molecule has 2 heteroatoms. The van der Waals surface area contributed by atoms with E-state index in [1.807, 2.05) is 61.5 Å². The highest BCUT2D eigenvalue weighted by Gasteiger charge is 2.14. The molecule has 4 aromatic rings. The van der Waals surface area contributed by atoms with Crippen LogP contribution in [0.3, 0.4) is 0 Å². The van der Waals surface area contributed by atoms with E-state index in [-0.39, 0.29) is 5.78 Å². The van der Waals surface area contributed by atoms with E-state index in [4.69, 9.17) is 0 Å². The first-order valence-corrected chi connectivity index (χ1v) is 8.23. The highest BCUT2D eigenvalue weighted by Crippen LogP contribution is 2.29. The van der Waals surface area contributed by atoms with Gasteiger partial charge < -0.3 is 4.98 Å². The number of benzene rings is 3. The molecule has 0 fully saturated rings. The fourth-order valence-electron chi connectivity index (χ4n) is 3.32. The first-order chi connectivity index (χ1) is 11.7. The Morgan fingerprint density at radius 3 is 2.71 bits per heavy atom. The molecule has 1 N–H and O–H groups in total. The van der Waals surface area contributed by atoms with Crippen molar-refractivity contribution in [3.63, 3.8) is 0 Å². The van der Waals surface area contributed by atoms with Crippen molar-refractivity contribution in [2.45, 2.75) is 20.3 Å². The fourth-order valence-corrected chi connectivity index (χ4v) is 3.32. The van der Waals surface area contributed by atoms with Gasteiger partial charge in [-0.1, -0.05) is 31.2 Å². The Morgan fingerprint density at radius 1 is 1.08 bits per heavy atom. The van der Waals surface area contributed by atoms with E-state index in [0.717, 1.165) is 44.9 Å². The molecule has 0 aliphatic rings. The van der Waals surface area contributed by atoms with Gasteiger partial charge in [0.1, 0.15) is 0 Å². The van der Waals surface area contributed by atoms with Gasteiger partial charge in [-0.05, 0) is 60.9 Å². The first kappa shape index (κ1) is 14.7. The molecule has 1 aromatic heterocycles. The Bertz CT molecular complexity index is 1070. The normalized spacial score (nSPS) is 11.2. The van der Waals surface area contributed by atoms with Crippen molar-refractivity contribution in [2.75, 3.05) is 0 Å². The minimum absolute atomic E-state index is 0.0694. The van der Waals surface area contributed by atoms with Crippen LogP contribution < -0.4 is 0 Å². The number of hydrogen-bond acceptors (Lipinski definition) is 1. The van der Waals surface area contributed by atoms with Gasteiger partial charge in [0, 0.05) is 32.9 Å². The number of hydrogen-bond donors (Lipinski definition) is 1. The third-order valence-electron chi connectivity index (χ3n) is 4.68. The smallest absolute Gasteiger partial charge is 0.193 e. The van der Waals surface area contributed by atoms with Crippen molar-refractivity contribution in [3.05, 3.63) is 82.9 Å². The maximum Gasteiger partial charge on any atom is 0.193 e. The topological polar surface area (TPSA) is 32.9 Å². The monoisotopic (exact) mass is 312 g/mol. The molecule has 0 aliphatic carbocycles. The Kier molecular flexibility index (Phi) is 3.46. The number of nitrogens with one attached hydrogen (secondary N) is 1. The Hall–Kier alpha value is -2.87. The number of rotatable bonds is 3. The van der Waals surface area contributed by atoms with Gasteiger partial charge in [0.15, 0.2) is 5.78 Å². The summed E-state index contributed by atoms with van der Waals surface area (Å²) < 4.78 is 0. The Morgan fingerprint density at radius 2 is 1.92 bits per heavy atom. The molecule has 4 rings (SSSR count). The maximum atomic E-state index is 12.9. The van der Waals surface area contributed by atoms with Crippen LogP contribution in [0.1, 0.15) is 34.0 Å². The highest BCUT2D eigenvalue weighted by molar-refractivity contribution is 6.15. The number of aromatic amines is 1. The summed E-state index contributed by atoms with van der Waals surface area (Å²) in [4.78, 5) is 16.4. The number of fused-ring (bicyclic) bond motifs is 3. The molecule has 0 saturated carbocycles.